The van der Waals surface area contributed by atoms with E-state index in [9.17, 15) is 0 Å². The maximum atomic E-state index is 8.53. The third-order valence-electron chi connectivity index (χ3n) is 1.97. The maximum Gasteiger partial charge on any atom is 0.241 e. The second-order valence-electron chi connectivity index (χ2n) is 2.81. The zero-order valence-corrected chi connectivity index (χ0v) is 7.95. The molecule has 0 radical (unpaired) electrons. The summed E-state index contributed by atoms with van der Waals surface area (Å²) in [7, 11) is 1.51. The van der Waals surface area contributed by atoms with Crippen LogP contribution in [0.1, 0.15) is 5.56 Å². The van der Waals surface area contributed by atoms with Gasteiger partial charge in [0.25, 0.3) is 0 Å². The fraction of sp³-hybridized carbons (Fsp3) is 0.125. The Bertz CT molecular complexity index is 519. The third kappa shape index (κ3) is 1.43. The van der Waals surface area contributed by atoms with Crippen LogP contribution in [-0.2, 0) is 0 Å². The van der Waals surface area contributed by atoms with Gasteiger partial charge in [-0.25, -0.2) is 4.52 Å². The summed E-state index contributed by atoms with van der Waals surface area (Å²) < 4.78 is 6.58. The highest BCUT2D eigenvalue weighted by molar-refractivity contribution is 5.98. The molecule has 0 aliphatic rings. The van der Waals surface area contributed by atoms with Gasteiger partial charge in [-0.2, -0.15) is 10.1 Å². The molecule has 0 fully saturated rings. The summed E-state index contributed by atoms with van der Waals surface area (Å²) in [5, 5.41) is 15.4. The molecule has 0 saturated heterocycles. The van der Waals surface area contributed by atoms with Crippen molar-refractivity contribution >= 4 is 11.4 Å². The Hall–Kier alpha value is -2.31. The Morgan fingerprint density at radius 1 is 1.67 bits per heavy atom. The second-order valence-corrected chi connectivity index (χ2v) is 2.81. The SMILES string of the molecule is COc1ncnn2cc(/C(N)=N\O)cc12. The van der Waals surface area contributed by atoms with Crippen molar-refractivity contribution in [1.29, 1.82) is 0 Å². The van der Waals surface area contributed by atoms with E-state index in [0.29, 0.717) is 17.0 Å². The van der Waals surface area contributed by atoms with Crippen LogP contribution in [0.25, 0.3) is 5.52 Å². The molecule has 0 aliphatic heterocycles. The smallest absolute Gasteiger partial charge is 0.241 e. The first-order valence-corrected chi connectivity index (χ1v) is 4.11. The monoisotopic (exact) mass is 207 g/mol. The fourth-order valence-corrected chi connectivity index (χ4v) is 1.26. The summed E-state index contributed by atoms with van der Waals surface area (Å²) in [4.78, 5) is 3.93. The number of methoxy groups -OCH3 is 1. The minimum absolute atomic E-state index is 0.0163. The van der Waals surface area contributed by atoms with Gasteiger partial charge in [0.05, 0.1) is 7.11 Å². The van der Waals surface area contributed by atoms with Gasteiger partial charge in [-0.15, -0.1) is 0 Å². The van der Waals surface area contributed by atoms with Crippen LogP contribution in [0.3, 0.4) is 0 Å². The zero-order chi connectivity index (χ0) is 10.8. The average molecular weight is 207 g/mol. The standard InChI is InChI=1S/C8H9N5O2/c1-15-8-6-2-5(7(9)12-14)3-13(6)11-4-10-8/h2-4,14H,1H3,(H2,9,12). The lowest BCUT2D eigenvalue weighted by Gasteiger charge is -1.98. The van der Waals surface area contributed by atoms with E-state index in [1.807, 2.05) is 0 Å². The van der Waals surface area contributed by atoms with Crippen LogP contribution in [0.2, 0.25) is 0 Å². The van der Waals surface area contributed by atoms with Crippen molar-refractivity contribution in [3.8, 4) is 5.88 Å². The molecule has 2 heterocycles. The summed E-state index contributed by atoms with van der Waals surface area (Å²) in [5.41, 5.74) is 6.65. The number of ether oxygens (including phenoxy) is 1. The first kappa shape index (κ1) is 9.25. The van der Waals surface area contributed by atoms with Crippen molar-refractivity contribution in [2.24, 2.45) is 10.9 Å². The number of fused-ring (bicyclic) bond motifs is 1. The lowest BCUT2D eigenvalue weighted by molar-refractivity contribution is 0.318. The molecule has 15 heavy (non-hydrogen) atoms. The van der Waals surface area contributed by atoms with Gasteiger partial charge < -0.3 is 15.7 Å². The molecule has 0 amide bonds. The lowest BCUT2D eigenvalue weighted by Crippen LogP contribution is -2.11. The van der Waals surface area contributed by atoms with Crippen molar-refractivity contribution in [3.63, 3.8) is 0 Å². The van der Waals surface area contributed by atoms with E-state index in [4.69, 9.17) is 15.7 Å². The van der Waals surface area contributed by atoms with Gasteiger partial charge in [0, 0.05) is 11.8 Å². The minimum Gasteiger partial charge on any atom is -0.479 e. The van der Waals surface area contributed by atoms with Gasteiger partial charge in [0.15, 0.2) is 5.84 Å². The van der Waals surface area contributed by atoms with Gasteiger partial charge in [-0.3, -0.25) is 0 Å². The van der Waals surface area contributed by atoms with E-state index in [1.165, 1.54) is 13.4 Å². The average Bonchev–Trinajstić information content (AvgIpc) is 2.71. The first-order chi connectivity index (χ1) is 7.26. The van der Waals surface area contributed by atoms with Crippen LogP contribution >= 0.6 is 0 Å². The maximum absolute atomic E-state index is 8.53. The Balaban J connectivity index is 2.65. The van der Waals surface area contributed by atoms with E-state index >= 15 is 0 Å². The van der Waals surface area contributed by atoms with Crippen LogP contribution in [0.15, 0.2) is 23.7 Å². The van der Waals surface area contributed by atoms with Gasteiger partial charge in [0.2, 0.25) is 5.88 Å². The molecule has 0 atom stereocenters. The Labute approximate surface area is 84.8 Å². The molecule has 0 aliphatic carbocycles. The number of hydrogen-bond acceptors (Lipinski definition) is 5. The summed E-state index contributed by atoms with van der Waals surface area (Å²) in [6, 6.07) is 1.67. The molecule has 0 saturated carbocycles. The molecule has 7 heteroatoms. The topological polar surface area (TPSA) is 98.0 Å². The number of nitrogens with zero attached hydrogens (tertiary/aromatic N) is 4. The molecule has 0 bridgehead atoms. The molecule has 0 spiro atoms. The molecule has 2 aromatic heterocycles. The van der Waals surface area contributed by atoms with Crippen molar-refractivity contribution < 1.29 is 9.94 Å². The van der Waals surface area contributed by atoms with E-state index in [0.717, 1.165) is 0 Å². The van der Waals surface area contributed by atoms with Crippen LogP contribution in [0.4, 0.5) is 0 Å². The van der Waals surface area contributed by atoms with Crippen LogP contribution < -0.4 is 10.5 Å². The lowest BCUT2D eigenvalue weighted by atomic mass is 10.3. The predicted octanol–water partition coefficient (Wildman–Crippen LogP) is -0.168. The molecule has 2 rings (SSSR count). The first-order valence-electron chi connectivity index (χ1n) is 4.11. The minimum atomic E-state index is 0.0163. The Morgan fingerprint density at radius 3 is 3.13 bits per heavy atom. The van der Waals surface area contributed by atoms with Crippen molar-refractivity contribution in [2.45, 2.75) is 0 Å². The molecular weight excluding hydrogens is 198 g/mol. The van der Waals surface area contributed by atoms with Gasteiger partial charge >= 0.3 is 0 Å². The van der Waals surface area contributed by atoms with Crippen molar-refractivity contribution in [2.75, 3.05) is 7.11 Å². The molecule has 2 aromatic rings. The van der Waals surface area contributed by atoms with Gasteiger partial charge in [-0.1, -0.05) is 5.16 Å². The summed E-state index contributed by atoms with van der Waals surface area (Å²) in [6.07, 6.45) is 2.98. The molecule has 0 aromatic carbocycles. The van der Waals surface area contributed by atoms with Gasteiger partial charge in [0.1, 0.15) is 11.8 Å². The molecular formula is C8H9N5O2. The third-order valence-corrected chi connectivity index (χ3v) is 1.97. The molecule has 0 unspecified atom stereocenters. The summed E-state index contributed by atoms with van der Waals surface area (Å²) in [5.74, 6) is 0.449. The Kier molecular flexibility index (Phi) is 2.13. The predicted molar refractivity (Wildman–Crippen MR) is 52.0 cm³/mol. The van der Waals surface area contributed by atoms with E-state index in [-0.39, 0.29) is 5.84 Å². The number of amidine groups is 1. The largest absolute Gasteiger partial charge is 0.479 e. The highest BCUT2D eigenvalue weighted by atomic mass is 16.5. The van der Waals surface area contributed by atoms with Crippen LogP contribution in [-0.4, -0.2) is 32.8 Å². The van der Waals surface area contributed by atoms with Crippen molar-refractivity contribution in [1.82, 2.24) is 14.6 Å². The Morgan fingerprint density at radius 2 is 2.47 bits per heavy atom. The quantitative estimate of drug-likeness (QED) is 0.308. The number of nitrogens with two attached hydrogens (primary N) is 1. The zero-order valence-electron chi connectivity index (χ0n) is 7.95. The normalized spacial score (nSPS) is 11.9. The highest BCUT2D eigenvalue weighted by Crippen LogP contribution is 2.17. The summed E-state index contributed by atoms with van der Waals surface area (Å²) in [6.45, 7) is 0. The highest BCUT2D eigenvalue weighted by Gasteiger charge is 2.09. The number of aromatic nitrogens is 3. The summed E-state index contributed by atoms with van der Waals surface area (Å²) >= 11 is 0. The van der Waals surface area contributed by atoms with Gasteiger partial charge in [-0.05, 0) is 6.07 Å². The van der Waals surface area contributed by atoms with E-state index < -0.39 is 0 Å². The molecule has 78 valence electrons. The number of rotatable bonds is 2. The van der Waals surface area contributed by atoms with E-state index in [1.54, 1.807) is 16.8 Å². The van der Waals surface area contributed by atoms with Crippen LogP contribution in [0, 0.1) is 0 Å². The number of oxime groups is 1. The second kappa shape index (κ2) is 3.45. The fourth-order valence-electron chi connectivity index (χ4n) is 1.26. The molecule has 7 nitrogen and oxygen atoms in total. The van der Waals surface area contributed by atoms with Crippen molar-refractivity contribution in [3.05, 3.63) is 24.2 Å². The number of hydrogen-bond donors (Lipinski definition) is 2. The van der Waals surface area contributed by atoms with Crippen LogP contribution in [0.5, 0.6) is 5.88 Å². The van der Waals surface area contributed by atoms with E-state index in [2.05, 4.69) is 15.2 Å². The molecule has 3 N–H and O–H groups in total.